The molecule has 100 valence electrons. The van der Waals surface area contributed by atoms with Gasteiger partial charge < -0.3 is 15.5 Å². The van der Waals surface area contributed by atoms with E-state index in [2.05, 4.69) is 43.4 Å². The van der Waals surface area contributed by atoms with Gasteiger partial charge in [-0.2, -0.15) is 0 Å². The van der Waals surface area contributed by atoms with Crippen LogP contribution >= 0.6 is 0 Å². The molecule has 4 nitrogen and oxygen atoms in total. The number of likely N-dealkylation sites (N-methyl/N-ethyl adjacent to an activating group) is 1. The van der Waals surface area contributed by atoms with Crippen LogP contribution in [0.1, 0.15) is 27.2 Å². The molecule has 4 heteroatoms. The zero-order valence-electron chi connectivity index (χ0n) is 11.6. The molecule has 1 saturated heterocycles. The summed E-state index contributed by atoms with van der Waals surface area (Å²) in [5, 5.41) is 6.30. The summed E-state index contributed by atoms with van der Waals surface area (Å²) in [4.78, 5) is 14.2. The third-order valence-electron chi connectivity index (χ3n) is 3.96. The first-order valence-corrected chi connectivity index (χ1v) is 6.74. The van der Waals surface area contributed by atoms with Gasteiger partial charge in [-0.3, -0.25) is 4.79 Å². The van der Waals surface area contributed by atoms with Crippen LogP contribution in [0, 0.1) is 11.8 Å². The van der Waals surface area contributed by atoms with E-state index in [1.165, 1.54) is 0 Å². The Morgan fingerprint density at radius 1 is 1.53 bits per heavy atom. The van der Waals surface area contributed by atoms with Crippen LogP contribution in [-0.2, 0) is 4.79 Å². The van der Waals surface area contributed by atoms with Gasteiger partial charge in [0.2, 0.25) is 5.91 Å². The summed E-state index contributed by atoms with van der Waals surface area (Å²) in [6.45, 7) is 10.0. The minimum absolute atomic E-state index is 0.156. The average molecular weight is 241 g/mol. The zero-order valence-corrected chi connectivity index (χ0v) is 11.6. The second kappa shape index (κ2) is 6.97. The van der Waals surface area contributed by atoms with Gasteiger partial charge in [-0.05, 0) is 32.9 Å². The summed E-state index contributed by atoms with van der Waals surface area (Å²) in [5.41, 5.74) is 0. The first-order chi connectivity index (χ1) is 8.06. The zero-order chi connectivity index (χ0) is 12.8. The molecule has 0 spiro atoms. The van der Waals surface area contributed by atoms with E-state index in [0.29, 0.717) is 12.0 Å². The highest BCUT2D eigenvalue weighted by Crippen LogP contribution is 2.15. The fourth-order valence-electron chi connectivity index (χ4n) is 2.18. The maximum Gasteiger partial charge on any atom is 0.224 e. The Bertz CT molecular complexity index is 245. The van der Waals surface area contributed by atoms with Gasteiger partial charge in [-0.1, -0.05) is 13.8 Å². The predicted octanol–water partition coefficient (Wildman–Crippen LogP) is 0.688. The van der Waals surface area contributed by atoms with E-state index in [9.17, 15) is 4.79 Å². The Hall–Kier alpha value is -0.610. The van der Waals surface area contributed by atoms with Crippen LogP contribution in [0.5, 0.6) is 0 Å². The largest absolute Gasteiger partial charge is 0.355 e. The Morgan fingerprint density at radius 2 is 2.24 bits per heavy atom. The molecule has 0 aliphatic carbocycles. The summed E-state index contributed by atoms with van der Waals surface area (Å²) >= 11 is 0. The fraction of sp³-hybridized carbons (Fsp3) is 0.923. The van der Waals surface area contributed by atoms with Gasteiger partial charge in [0.05, 0.1) is 5.92 Å². The van der Waals surface area contributed by atoms with Gasteiger partial charge in [0.15, 0.2) is 0 Å². The summed E-state index contributed by atoms with van der Waals surface area (Å²) in [7, 11) is 2.11. The molecule has 1 heterocycles. The van der Waals surface area contributed by atoms with E-state index >= 15 is 0 Å². The van der Waals surface area contributed by atoms with Crippen molar-refractivity contribution in [3.05, 3.63) is 0 Å². The normalized spacial score (nSPS) is 26.2. The summed E-state index contributed by atoms with van der Waals surface area (Å²) in [5.74, 6) is 0.825. The first kappa shape index (κ1) is 14.5. The van der Waals surface area contributed by atoms with Gasteiger partial charge >= 0.3 is 0 Å². The van der Waals surface area contributed by atoms with Gasteiger partial charge in [0.25, 0.3) is 0 Å². The molecule has 1 aliphatic heterocycles. The summed E-state index contributed by atoms with van der Waals surface area (Å²) in [6.07, 6.45) is 1.15. The molecule has 1 amide bonds. The lowest BCUT2D eigenvalue weighted by Gasteiger charge is -2.24. The fourth-order valence-corrected chi connectivity index (χ4v) is 2.18. The maximum atomic E-state index is 11.9. The van der Waals surface area contributed by atoms with Crippen LogP contribution in [0.25, 0.3) is 0 Å². The number of carbonyl (C=O) groups is 1. The molecule has 1 rings (SSSR count). The molecular formula is C13H27N3O. The van der Waals surface area contributed by atoms with Crippen molar-refractivity contribution in [3.63, 3.8) is 0 Å². The Morgan fingerprint density at radius 3 is 2.76 bits per heavy atom. The van der Waals surface area contributed by atoms with Crippen molar-refractivity contribution in [1.82, 2.24) is 15.5 Å². The molecule has 2 N–H and O–H groups in total. The number of hydrogen-bond acceptors (Lipinski definition) is 3. The molecule has 1 unspecified atom stereocenters. The van der Waals surface area contributed by atoms with E-state index < -0.39 is 0 Å². The summed E-state index contributed by atoms with van der Waals surface area (Å²) < 4.78 is 0. The molecular weight excluding hydrogens is 214 g/mol. The monoisotopic (exact) mass is 241 g/mol. The molecule has 0 aromatic carbocycles. The molecule has 0 radical (unpaired) electrons. The number of rotatable bonds is 6. The average Bonchev–Trinajstić information content (AvgIpc) is 2.74. The molecule has 0 saturated carbocycles. The van der Waals surface area contributed by atoms with Crippen molar-refractivity contribution in [2.75, 3.05) is 33.2 Å². The number of nitrogens with one attached hydrogen (secondary N) is 2. The van der Waals surface area contributed by atoms with Crippen LogP contribution in [0.15, 0.2) is 0 Å². The Labute approximate surface area is 105 Å². The number of carbonyl (C=O) groups excluding carboxylic acids is 1. The van der Waals surface area contributed by atoms with Crippen LogP contribution in [-0.4, -0.2) is 50.1 Å². The second-order valence-electron chi connectivity index (χ2n) is 5.27. The molecule has 17 heavy (non-hydrogen) atoms. The SMILES string of the molecule is CCC(C)N(C)CCNC(=O)[C@@H]1CNC[C@H]1C. The van der Waals surface area contributed by atoms with E-state index in [-0.39, 0.29) is 11.8 Å². The smallest absolute Gasteiger partial charge is 0.224 e. The number of hydrogen-bond donors (Lipinski definition) is 2. The van der Waals surface area contributed by atoms with Crippen LogP contribution in [0.2, 0.25) is 0 Å². The molecule has 0 bridgehead atoms. The quantitative estimate of drug-likeness (QED) is 0.719. The number of nitrogens with zero attached hydrogens (tertiary/aromatic N) is 1. The first-order valence-electron chi connectivity index (χ1n) is 6.74. The van der Waals surface area contributed by atoms with E-state index in [4.69, 9.17) is 0 Å². The Balaban J connectivity index is 2.20. The molecule has 0 aromatic rings. The maximum absolute atomic E-state index is 11.9. The molecule has 0 aromatic heterocycles. The highest BCUT2D eigenvalue weighted by Gasteiger charge is 2.29. The van der Waals surface area contributed by atoms with Crippen LogP contribution < -0.4 is 10.6 Å². The van der Waals surface area contributed by atoms with E-state index in [1.807, 2.05) is 0 Å². The third-order valence-corrected chi connectivity index (χ3v) is 3.96. The van der Waals surface area contributed by atoms with E-state index in [0.717, 1.165) is 32.6 Å². The predicted molar refractivity (Wildman–Crippen MR) is 70.9 cm³/mol. The van der Waals surface area contributed by atoms with Gasteiger partial charge in [-0.25, -0.2) is 0 Å². The lowest BCUT2D eigenvalue weighted by molar-refractivity contribution is -0.125. The third kappa shape index (κ3) is 4.28. The van der Waals surface area contributed by atoms with Gasteiger partial charge in [0, 0.05) is 25.7 Å². The van der Waals surface area contributed by atoms with Gasteiger partial charge in [0.1, 0.15) is 0 Å². The van der Waals surface area contributed by atoms with Gasteiger partial charge in [-0.15, -0.1) is 0 Å². The lowest BCUT2D eigenvalue weighted by Crippen LogP contribution is -2.40. The van der Waals surface area contributed by atoms with Crippen molar-refractivity contribution in [2.45, 2.75) is 33.2 Å². The molecule has 1 aliphatic rings. The Kier molecular flexibility index (Phi) is 5.92. The minimum atomic E-state index is 0.156. The van der Waals surface area contributed by atoms with E-state index in [1.54, 1.807) is 0 Å². The lowest BCUT2D eigenvalue weighted by atomic mass is 9.97. The molecule has 1 fully saturated rings. The topological polar surface area (TPSA) is 44.4 Å². The standard InChI is InChI=1S/C13H27N3O/c1-5-11(3)16(4)7-6-15-13(17)12-9-14-8-10(12)2/h10-12,14H,5-9H2,1-4H3,(H,15,17)/t10-,11?,12-/m1/s1. The second-order valence-corrected chi connectivity index (χ2v) is 5.27. The van der Waals surface area contributed by atoms with Crippen LogP contribution in [0.4, 0.5) is 0 Å². The minimum Gasteiger partial charge on any atom is -0.355 e. The van der Waals surface area contributed by atoms with Crippen molar-refractivity contribution in [3.8, 4) is 0 Å². The summed E-state index contributed by atoms with van der Waals surface area (Å²) in [6, 6.07) is 0.582. The highest BCUT2D eigenvalue weighted by molar-refractivity contribution is 5.79. The van der Waals surface area contributed by atoms with Crippen molar-refractivity contribution >= 4 is 5.91 Å². The van der Waals surface area contributed by atoms with Crippen molar-refractivity contribution in [1.29, 1.82) is 0 Å². The van der Waals surface area contributed by atoms with Crippen molar-refractivity contribution < 1.29 is 4.79 Å². The van der Waals surface area contributed by atoms with Crippen LogP contribution in [0.3, 0.4) is 0 Å². The molecule has 3 atom stereocenters. The number of amides is 1. The highest BCUT2D eigenvalue weighted by atomic mass is 16.1. The van der Waals surface area contributed by atoms with Crippen molar-refractivity contribution in [2.24, 2.45) is 11.8 Å².